The van der Waals surface area contributed by atoms with Crippen LogP contribution in [0.2, 0.25) is 0 Å². The molecule has 3 aromatic carbocycles. The van der Waals surface area contributed by atoms with Crippen molar-refractivity contribution in [2.45, 2.75) is 32.4 Å². The molecule has 4 aromatic rings. The number of methoxy groups -OCH3 is 1. The first-order valence-electron chi connectivity index (χ1n) is 12.3. The fraction of sp³-hybridized carbons (Fsp3) is 0.276. The van der Waals surface area contributed by atoms with E-state index in [1.807, 2.05) is 18.2 Å². The molecule has 1 saturated heterocycles. The van der Waals surface area contributed by atoms with Crippen LogP contribution in [0.15, 0.2) is 54.6 Å². The maximum Gasteiger partial charge on any atom is 0.252 e. The summed E-state index contributed by atoms with van der Waals surface area (Å²) in [5.41, 5.74) is 7.76. The maximum atomic E-state index is 12.9. The summed E-state index contributed by atoms with van der Waals surface area (Å²) >= 11 is 0. The molecule has 3 N–H and O–H groups in total. The number of aromatic nitrogens is 1. The Morgan fingerprint density at radius 1 is 0.971 bits per heavy atom. The van der Waals surface area contributed by atoms with E-state index in [1.54, 1.807) is 12.1 Å². The number of H-pyrrole nitrogens is 1. The van der Waals surface area contributed by atoms with Gasteiger partial charge < -0.3 is 20.1 Å². The zero-order chi connectivity index (χ0) is 23.9. The number of hydrogen-bond acceptors (Lipinski definition) is 4. The van der Waals surface area contributed by atoms with Crippen LogP contribution in [-0.4, -0.2) is 41.1 Å². The molecule has 0 saturated carbocycles. The molecule has 1 amide bonds. The summed E-state index contributed by atoms with van der Waals surface area (Å²) in [6.45, 7) is 3.81. The summed E-state index contributed by atoms with van der Waals surface area (Å²) in [4.78, 5) is 19.0. The number of carbonyl (C=O) groups excluding carboxylic acids is 1. The Hall–Kier alpha value is -3.77. The van der Waals surface area contributed by atoms with E-state index in [1.165, 1.54) is 45.0 Å². The normalized spacial score (nSPS) is 15.9. The highest BCUT2D eigenvalue weighted by atomic mass is 16.5. The van der Waals surface area contributed by atoms with Gasteiger partial charge in [-0.05, 0) is 78.5 Å². The molecule has 178 valence electrons. The second-order valence-electron chi connectivity index (χ2n) is 9.52. The third kappa shape index (κ3) is 3.94. The van der Waals surface area contributed by atoms with E-state index in [0.717, 1.165) is 45.4 Å². The molecule has 0 bridgehead atoms. The molecule has 2 aliphatic heterocycles. The van der Waals surface area contributed by atoms with Gasteiger partial charge in [-0.15, -0.1) is 0 Å². The lowest BCUT2D eigenvalue weighted by Gasteiger charge is -2.26. The van der Waals surface area contributed by atoms with Gasteiger partial charge in [-0.2, -0.15) is 0 Å². The predicted molar refractivity (Wildman–Crippen MR) is 138 cm³/mol. The van der Waals surface area contributed by atoms with E-state index in [0.29, 0.717) is 17.9 Å². The standard InChI is InChI=1S/C29H29N3O3/c1-35-27-15-19(6-10-26(27)33)21-7-8-22(28-23(21)16-30-29(28)34)25-14-20-13-18(5-9-24(20)31-25)17-32-11-3-2-4-12-32/h5-10,13-15,31,33H,2-4,11-12,16-17H2,1H3,(H,30,34). The number of likely N-dealkylation sites (tertiary alicyclic amines) is 1. The molecule has 35 heavy (non-hydrogen) atoms. The van der Waals surface area contributed by atoms with Crippen molar-refractivity contribution in [2.75, 3.05) is 20.2 Å². The summed E-state index contributed by atoms with van der Waals surface area (Å²) in [6, 6.07) is 18.1. The van der Waals surface area contributed by atoms with Crippen LogP contribution in [0.3, 0.4) is 0 Å². The Labute approximate surface area is 204 Å². The van der Waals surface area contributed by atoms with Crippen LogP contribution in [0.4, 0.5) is 0 Å². The number of rotatable bonds is 5. The number of amides is 1. The minimum atomic E-state index is -0.0629. The number of fused-ring (bicyclic) bond motifs is 2. The van der Waals surface area contributed by atoms with Crippen LogP contribution in [0.25, 0.3) is 33.3 Å². The Balaban J connectivity index is 1.38. The molecular formula is C29H29N3O3. The molecule has 0 spiro atoms. The zero-order valence-corrected chi connectivity index (χ0v) is 19.9. The second kappa shape index (κ2) is 8.78. The van der Waals surface area contributed by atoms with Crippen LogP contribution in [0, 0.1) is 0 Å². The number of piperidine rings is 1. The number of ether oxygens (including phenoxy) is 1. The van der Waals surface area contributed by atoms with Gasteiger partial charge in [-0.3, -0.25) is 9.69 Å². The van der Waals surface area contributed by atoms with Gasteiger partial charge in [-0.1, -0.05) is 30.7 Å². The fourth-order valence-electron chi connectivity index (χ4n) is 5.49. The number of aromatic amines is 1. The first kappa shape index (κ1) is 21.7. The summed E-state index contributed by atoms with van der Waals surface area (Å²) in [5, 5.41) is 14.1. The van der Waals surface area contributed by atoms with Gasteiger partial charge >= 0.3 is 0 Å². The van der Waals surface area contributed by atoms with Gasteiger partial charge in [0.15, 0.2) is 11.5 Å². The molecule has 6 nitrogen and oxygen atoms in total. The van der Waals surface area contributed by atoms with Crippen molar-refractivity contribution in [3.8, 4) is 33.9 Å². The van der Waals surface area contributed by atoms with E-state index >= 15 is 0 Å². The molecule has 6 heteroatoms. The van der Waals surface area contributed by atoms with E-state index in [9.17, 15) is 9.90 Å². The van der Waals surface area contributed by atoms with Gasteiger partial charge in [0.2, 0.25) is 0 Å². The van der Waals surface area contributed by atoms with E-state index in [-0.39, 0.29) is 11.7 Å². The van der Waals surface area contributed by atoms with Crippen molar-refractivity contribution in [3.63, 3.8) is 0 Å². The van der Waals surface area contributed by atoms with Gasteiger partial charge in [0.25, 0.3) is 5.91 Å². The monoisotopic (exact) mass is 467 g/mol. The van der Waals surface area contributed by atoms with Crippen LogP contribution in [0.1, 0.15) is 40.7 Å². The Bertz CT molecular complexity index is 1430. The van der Waals surface area contributed by atoms with E-state index < -0.39 is 0 Å². The zero-order valence-electron chi connectivity index (χ0n) is 19.9. The Morgan fingerprint density at radius 3 is 2.63 bits per heavy atom. The highest BCUT2D eigenvalue weighted by Crippen LogP contribution is 2.39. The number of phenolic OH excluding ortho intramolecular Hbond substituents is 1. The van der Waals surface area contributed by atoms with Gasteiger partial charge in [0.05, 0.1) is 12.7 Å². The SMILES string of the molecule is COc1cc(-c2ccc(-c3cc4cc(CN5CCCCC5)ccc4[nH]3)c3c2CNC3=O)ccc1O. The fourth-order valence-corrected chi connectivity index (χ4v) is 5.49. The van der Waals surface area contributed by atoms with Crippen molar-refractivity contribution in [2.24, 2.45) is 0 Å². The third-order valence-electron chi connectivity index (χ3n) is 7.29. The maximum absolute atomic E-state index is 12.9. The van der Waals surface area contributed by atoms with Crippen LogP contribution in [-0.2, 0) is 13.1 Å². The minimum Gasteiger partial charge on any atom is -0.504 e. The third-order valence-corrected chi connectivity index (χ3v) is 7.29. The molecule has 3 heterocycles. The molecule has 1 fully saturated rings. The molecule has 6 rings (SSSR count). The molecule has 0 aliphatic carbocycles. The van der Waals surface area contributed by atoms with Gasteiger partial charge in [0.1, 0.15) is 0 Å². The number of nitrogens with zero attached hydrogens (tertiary/aromatic N) is 1. The average Bonchev–Trinajstić information content (AvgIpc) is 3.48. The van der Waals surface area contributed by atoms with Crippen molar-refractivity contribution in [1.82, 2.24) is 15.2 Å². The second-order valence-corrected chi connectivity index (χ2v) is 9.52. The number of hydrogen-bond donors (Lipinski definition) is 3. The number of nitrogens with one attached hydrogen (secondary N) is 2. The van der Waals surface area contributed by atoms with Gasteiger partial charge in [-0.25, -0.2) is 0 Å². The highest BCUT2D eigenvalue weighted by Gasteiger charge is 2.27. The van der Waals surface area contributed by atoms with Crippen molar-refractivity contribution < 1.29 is 14.6 Å². The average molecular weight is 468 g/mol. The van der Waals surface area contributed by atoms with Crippen LogP contribution >= 0.6 is 0 Å². The lowest BCUT2D eigenvalue weighted by molar-refractivity contribution is 0.0966. The summed E-state index contributed by atoms with van der Waals surface area (Å²) in [5.74, 6) is 0.442. The lowest BCUT2D eigenvalue weighted by atomic mass is 9.92. The minimum absolute atomic E-state index is 0.0629. The number of carbonyl (C=O) groups is 1. The van der Waals surface area contributed by atoms with Crippen molar-refractivity contribution >= 4 is 16.8 Å². The smallest absolute Gasteiger partial charge is 0.252 e. The first-order chi connectivity index (χ1) is 17.1. The highest BCUT2D eigenvalue weighted by molar-refractivity contribution is 6.07. The summed E-state index contributed by atoms with van der Waals surface area (Å²) < 4.78 is 5.29. The van der Waals surface area contributed by atoms with E-state index in [2.05, 4.69) is 39.5 Å². The molecular weight excluding hydrogens is 438 g/mol. The van der Waals surface area contributed by atoms with Crippen LogP contribution < -0.4 is 10.1 Å². The molecule has 0 unspecified atom stereocenters. The topological polar surface area (TPSA) is 77.6 Å². The van der Waals surface area contributed by atoms with Crippen molar-refractivity contribution in [3.05, 3.63) is 71.3 Å². The van der Waals surface area contributed by atoms with Crippen molar-refractivity contribution in [1.29, 1.82) is 0 Å². The van der Waals surface area contributed by atoms with Crippen LogP contribution in [0.5, 0.6) is 11.5 Å². The van der Waals surface area contributed by atoms with E-state index in [4.69, 9.17) is 4.74 Å². The summed E-state index contributed by atoms with van der Waals surface area (Å²) in [7, 11) is 1.53. The number of aromatic hydroxyl groups is 1. The number of benzene rings is 3. The molecule has 0 radical (unpaired) electrons. The number of phenols is 1. The molecule has 2 aliphatic rings. The Kier molecular flexibility index (Phi) is 5.46. The largest absolute Gasteiger partial charge is 0.504 e. The van der Waals surface area contributed by atoms with Gasteiger partial charge in [0, 0.05) is 35.2 Å². The first-order valence-corrected chi connectivity index (χ1v) is 12.3. The summed E-state index contributed by atoms with van der Waals surface area (Å²) in [6.07, 6.45) is 3.92. The molecule has 1 aromatic heterocycles. The Morgan fingerprint density at radius 2 is 1.80 bits per heavy atom. The lowest BCUT2D eigenvalue weighted by Crippen LogP contribution is -2.28. The quantitative estimate of drug-likeness (QED) is 0.365. The molecule has 0 atom stereocenters. The predicted octanol–water partition coefficient (Wildman–Crippen LogP) is 5.45.